The molecule has 4 rings (SSSR count). The standard InChI is InChI=1S/4C7H12O2.2CH3.O.2Sn/c4*8-7(9)6-4-2-1-3-5-6;;;;;/h4*6H,1-5H2,(H,8,9);2*1H3;;;/q;;;;;;-2;2*+3/p-4. The Morgan fingerprint density at radius 3 is 0.561 bits per heavy atom. The van der Waals surface area contributed by atoms with E-state index in [2.05, 4.69) is 9.88 Å². The van der Waals surface area contributed by atoms with E-state index in [1.54, 1.807) is 45.0 Å². The van der Waals surface area contributed by atoms with Crippen molar-refractivity contribution in [3.63, 3.8) is 0 Å². The third kappa shape index (κ3) is 24.6. The first kappa shape index (κ1) is 44.9. The molecule has 4 aliphatic carbocycles. The van der Waals surface area contributed by atoms with E-state index in [0.717, 1.165) is 103 Å². The van der Waals surface area contributed by atoms with Crippen LogP contribution < -0.4 is 20.4 Å². The minimum atomic E-state index is -0.852. The first-order chi connectivity index (χ1) is 19.2. The fourth-order valence-electron chi connectivity index (χ4n) is 5.35. The van der Waals surface area contributed by atoms with E-state index in [0.29, 0.717) is 0 Å². The predicted octanol–water partition coefficient (Wildman–Crippen LogP) is 1.55. The van der Waals surface area contributed by atoms with Crippen LogP contribution in [0.2, 0.25) is 9.88 Å². The van der Waals surface area contributed by atoms with Crippen LogP contribution in [0.25, 0.3) is 0 Å². The maximum atomic E-state index is 10.2. The van der Waals surface area contributed by atoms with Gasteiger partial charge in [0.1, 0.15) is 0 Å². The third-order valence-electron chi connectivity index (χ3n) is 7.75. The van der Waals surface area contributed by atoms with Gasteiger partial charge in [0.05, 0.1) is 0 Å². The van der Waals surface area contributed by atoms with E-state index in [9.17, 15) is 39.6 Å². The second-order valence-electron chi connectivity index (χ2n) is 10.6. The Kier molecular flexibility index (Phi) is 33.8. The van der Waals surface area contributed by atoms with Gasteiger partial charge in [-0.1, -0.05) is 77.0 Å². The first-order valence-corrected chi connectivity index (χ1v) is 20.8. The van der Waals surface area contributed by atoms with Gasteiger partial charge in [0.25, 0.3) is 0 Å². The Hall–Kier alpha value is -0.563. The molecule has 0 heterocycles. The zero-order valence-corrected chi connectivity index (χ0v) is 30.8. The number of carbonyl (C=O) groups is 4. The summed E-state index contributed by atoms with van der Waals surface area (Å²) in [6, 6.07) is 0. The summed E-state index contributed by atoms with van der Waals surface area (Å²) in [6.45, 7) is 0. The molecule has 0 bridgehead atoms. The van der Waals surface area contributed by atoms with Crippen LogP contribution in [0, 0.1) is 23.7 Å². The molecule has 0 atom stereocenters. The van der Waals surface area contributed by atoms with Crippen LogP contribution in [0.1, 0.15) is 128 Å². The minimum absolute atomic E-state index is 0. The Morgan fingerprint density at radius 2 is 0.488 bits per heavy atom. The number of carboxylic acids is 4. The van der Waals surface area contributed by atoms with Gasteiger partial charge in [0, 0.05) is 23.9 Å². The summed E-state index contributed by atoms with van der Waals surface area (Å²) in [4.78, 5) is 45.2. The zero-order chi connectivity index (χ0) is 30.8. The van der Waals surface area contributed by atoms with E-state index in [-0.39, 0.29) is 29.1 Å². The molecule has 0 radical (unpaired) electrons. The topological polar surface area (TPSA) is 189 Å². The van der Waals surface area contributed by atoms with Gasteiger partial charge < -0.3 is 45.1 Å². The second-order valence-corrected chi connectivity index (χ2v) is 10.6. The summed E-state index contributed by atoms with van der Waals surface area (Å²) < 4.78 is 0. The molecule has 0 aromatic heterocycles. The Balaban J connectivity index is -0.000000447. The van der Waals surface area contributed by atoms with Gasteiger partial charge in [-0.15, -0.1) is 0 Å². The quantitative estimate of drug-likeness (QED) is 0.384. The van der Waals surface area contributed by atoms with Gasteiger partial charge in [0.2, 0.25) is 0 Å². The SMILES string of the molecule is O=C([O-])C1CCCCC1.O=C([O-])C1CCCCC1.O=C([O-])C1CCCCC1.O=C([O-])C1CCCCC1.[CH3][Sn+3].[CH3][Sn+3].[O-2]. The maximum absolute atomic E-state index is 10.2. The van der Waals surface area contributed by atoms with Gasteiger partial charge in [-0.3, -0.25) is 0 Å². The normalized spacial score (nSPS) is 19.5. The molecule has 0 N–H and O–H groups in total. The molecule has 0 aromatic rings. The van der Waals surface area contributed by atoms with Crippen LogP contribution >= 0.6 is 0 Å². The van der Waals surface area contributed by atoms with E-state index >= 15 is 0 Å². The van der Waals surface area contributed by atoms with Crippen molar-refractivity contribution in [2.75, 3.05) is 0 Å². The molecule has 0 saturated heterocycles. The van der Waals surface area contributed by atoms with Crippen molar-refractivity contribution < 1.29 is 45.1 Å². The van der Waals surface area contributed by atoms with Crippen LogP contribution in [0.4, 0.5) is 0 Å². The zero-order valence-electron chi connectivity index (χ0n) is 25.1. The first-order valence-electron chi connectivity index (χ1n) is 15.1. The Morgan fingerprint density at radius 1 is 0.366 bits per heavy atom. The summed E-state index contributed by atoms with van der Waals surface area (Å²) in [7, 11) is 0. The van der Waals surface area contributed by atoms with E-state index in [4.69, 9.17) is 0 Å². The molecular formula is C30H50O9Sn2. The molecule has 41 heavy (non-hydrogen) atoms. The number of hydrogen-bond donors (Lipinski definition) is 0. The van der Waals surface area contributed by atoms with E-state index in [1.807, 2.05) is 0 Å². The van der Waals surface area contributed by atoms with Crippen molar-refractivity contribution in [1.29, 1.82) is 0 Å². The average Bonchev–Trinajstić information content (AvgIpc) is 3.02. The van der Waals surface area contributed by atoms with Crippen molar-refractivity contribution in [2.24, 2.45) is 23.7 Å². The van der Waals surface area contributed by atoms with Gasteiger partial charge in [-0.25, -0.2) is 0 Å². The molecule has 4 saturated carbocycles. The number of aliphatic carboxylic acids is 4. The van der Waals surface area contributed by atoms with Crippen molar-refractivity contribution in [2.45, 2.75) is 138 Å². The third-order valence-corrected chi connectivity index (χ3v) is 7.75. The molecule has 4 aliphatic rings. The molecule has 0 aromatic carbocycles. The largest absolute Gasteiger partial charge is 2.00 e. The fraction of sp³-hybridized carbons (Fsp3) is 0.867. The summed E-state index contributed by atoms with van der Waals surface area (Å²) in [5.74, 6) is -3.97. The summed E-state index contributed by atoms with van der Waals surface area (Å²) >= 11 is 3.10. The molecule has 0 unspecified atom stereocenters. The Labute approximate surface area is 274 Å². The molecule has 0 aliphatic heterocycles. The van der Waals surface area contributed by atoms with Crippen molar-refractivity contribution in [3.8, 4) is 0 Å². The van der Waals surface area contributed by atoms with Crippen LogP contribution in [0.15, 0.2) is 0 Å². The monoisotopic (exact) mass is 794 g/mol. The van der Waals surface area contributed by atoms with Crippen LogP contribution in [0.5, 0.6) is 0 Å². The average molecular weight is 792 g/mol. The van der Waals surface area contributed by atoms with E-state index < -0.39 is 23.9 Å². The van der Waals surface area contributed by atoms with Crippen LogP contribution in [-0.4, -0.2) is 68.9 Å². The number of hydrogen-bond acceptors (Lipinski definition) is 8. The van der Waals surface area contributed by atoms with Gasteiger partial charge in [-0.05, 0) is 75.0 Å². The molecule has 232 valence electrons. The second kappa shape index (κ2) is 30.9. The number of rotatable bonds is 4. The molecule has 0 spiro atoms. The van der Waals surface area contributed by atoms with Crippen molar-refractivity contribution >= 4 is 68.9 Å². The van der Waals surface area contributed by atoms with E-state index in [1.165, 1.54) is 25.7 Å². The summed E-state index contributed by atoms with van der Waals surface area (Å²) in [5.41, 5.74) is 0. The Bertz CT molecular complexity index is 540. The molecule has 4 fully saturated rings. The fourth-order valence-corrected chi connectivity index (χ4v) is 5.35. The summed E-state index contributed by atoms with van der Waals surface area (Å²) in [5, 5.41) is 41.0. The maximum Gasteiger partial charge on any atom is -2.00 e. The molecular weight excluding hydrogens is 742 g/mol. The van der Waals surface area contributed by atoms with Gasteiger partial charge in [-0.2, -0.15) is 0 Å². The molecule has 9 nitrogen and oxygen atoms in total. The predicted molar refractivity (Wildman–Crippen MR) is 150 cm³/mol. The van der Waals surface area contributed by atoms with Crippen LogP contribution in [0.3, 0.4) is 0 Å². The van der Waals surface area contributed by atoms with Gasteiger partial charge in [0.15, 0.2) is 0 Å². The minimum Gasteiger partial charge on any atom is -2.00 e. The number of carboxylic acid groups (broad SMARTS) is 4. The van der Waals surface area contributed by atoms with Gasteiger partial charge >= 0.3 is 54.9 Å². The number of carbonyl (C=O) groups excluding carboxylic acids is 4. The smallest absolute Gasteiger partial charge is 2.00 e. The molecule has 0 amide bonds. The molecule has 11 heteroatoms. The summed E-state index contributed by atoms with van der Waals surface area (Å²) in [6.07, 6.45) is 20.0. The van der Waals surface area contributed by atoms with Crippen molar-refractivity contribution in [3.05, 3.63) is 0 Å². The van der Waals surface area contributed by atoms with Crippen molar-refractivity contribution in [1.82, 2.24) is 0 Å². The van der Waals surface area contributed by atoms with Crippen LogP contribution in [-0.2, 0) is 24.7 Å².